The van der Waals surface area contributed by atoms with Crippen molar-refractivity contribution in [3.8, 4) is 0 Å². The molecule has 5 nitrogen and oxygen atoms in total. The van der Waals surface area contributed by atoms with Crippen LogP contribution >= 0.6 is 0 Å². The number of hydrogen-bond acceptors (Lipinski definition) is 4. The molecule has 0 bridgehead atoms. The number of anilines is 1. The van der Waals surface area contributed by atoms with Gasteiger partial charge in [-0.1, -0.05) is 20.8 Å². The van der Waals surface area contributed by atoms with Gasteiger partial charge in [-0.25, -0.2) is 4.98 Å². The third-order valence-electron chi connectivity index (χ3n) is 2.19. The standard InChI is InChI=1S/C11H17N3O2/c1-4-5-12-11-7-9(14(15)16)6-10(13-11)8(2)3/h6-8H,4-5H2,1-3H3,(H,12,13). The van der Waals surface area contributed by atoms with Crippen LogP contribution in [0.1, 0.15) is 38.8 Å². The Morgan fingerprint density at radius 3 is 2.69 bits per heavy atom. The SMILES string of the molecule is CCCNc1cc([N+](=O)[O-])cc(C(C)C)n1. The molecule has 1 aromatic rings. The molecule has 0 atom stereocenters. The van der Waals surface area contributed by atoms with Gasteiger partial charge in [0.05, 0.1) is 16.7 Å². The van der Waals surface area contributed by atoms with Crippen LogP contribution in [0.3, 0.4) is 0 Å². The summed E-state index contributed by atoms with van der Waals surface area (Å²) in [6, 6.07) is 3.00. The van der Waals surface area contributed by atoms with E-state index in [-0.39, 0.29) is 16.5 Å². The Morgan fingerprint density at radius 2 is 2.19 bits per heavy atom. The Kier molecular flexibility index (Phi) is 4.22. The summed E-state index contributed by atoms with van der Waals surface area (Å²) in [6.45, 7) is 6.74. The summed E-state index contributed by atoms with van der Waals surface area (Å²) in [6.07, 6.45) is 0.960. The van der Waals surface area contributed by atoms with Gasteiger partial charge in [-0.2, -0.15) is 0 Å². The zero-order chi connectivity index (χ0) is 12.1. The predicted octanol–water partition coefficient (Wildman–Crippen LogP) is 2.94. The fraction of sp³-hybridized carbons (Fsp3) is 0.545. The van der Waals surface area contributed by atoms with E-state index in [2.05, 4.69) is 10.3 Å². The highest BCUT2D eigenvalue weighted by atomic mass is 16.6. The van der Waals surface area contributed by atoms with Gasteiger partial charge in [0.25, 0.3) is 5.69 Å². The van der Waals surface area contributed by atoms with Gasteiger partial charge < -0.3 is 5.32 Å². The van der Waals surface area contributed by atoms with Crippen molar-refractivity contribution in [1.82, 2.24) is 4.98 Å². The van der Waals surface area contributed by atoms with Gasteiger partial charge in [0.15, 0.2) is 0 Å². The molecule has 0 aliphatic rings. The number of hydrogen-bond donors (Lipinski definition) is 1. The lowest BCUT2D eigenvalue weighted by molar-refractivity contribution is -0.384. The number of rotatable bonds is 5. The molecule has 1 N–H and O–H groups in total. The molecule has 0 radical (unpaired) electrons. The first-order valence-corrected chi connectivity index (χ1v) is 5.44. The van der Waals surface area contributed by atoms with Crippen LogP contribution < -0.4 is 5.32 Å². The first-order chi connectivity index (χ1) is 7.54. The zero-order valence-electron chi connectivity index (χ0n) is 9.86. The van der Waals surface area contributed by atoms with Gasteiger partial charge in [-0.15, -0.1) is 0 Å². The summed E-state index contributed by atoms with van der Waals surface area (Å²) < 4.78 is 0. The molecule has 0 fully saturated rings. The Labute approximate surface area is 95.0 Å². The summed E-state index contributed by atoms with van der Waals surface area (Å²) in [4.78, 5) is 14.7. The molecular weight excluding hydrogens is 206 g/mol. The second kappa shape index (κ2) is 5.44. The molecule has 0 saturated heterocycles. The van der Waals surface area contributed by atoms with Crippen LogP contribution in [0.2, 0.25) is 0 Å². The number of aromatic nitrogens is 1. The monoisotopic (exact) mass is 223 g/mol. The van der Waals surface area contributed by atoms with E-state index in [4.69, 9.17) is 0 Å². The molecule has 5 heteroatoms. The Morgan fingerprint density at radius 1 is 1.50 bits per heavy atom. The maximum absolute atomic E-state index is 10.8. The first kappa shape index (κ1) is 12.4. The van der Waals surface area contributed by atoms with E-state index in [9.17, 15) is 10.1 Å². The molecule has 1 rings (SSSR count). The summed E-state index contributed by atoms with van der Waals surface area (Å²) in [5, 5.41) is 13.8. The summed E-state index contributed by atoms with van der Waals surface area (Å²) in [5.74, 6) is 0.766. The molecule has 0 unspecified atom stereocenters. The molecule has 0 spiro atoms. The third kappa shape index (κ3) is 3.18. The van der Waals surface area contributed by atoms with Crippen LogP contribution in [0.5, 0.6) is 0 Å². The second-order valence-electron chi connectivity index (χ2n) is 3.97. The maximum atomic E-state index is 10.8. The van der Waals surface area contributed by atoms with E-state index in [0.29, 0.717) is 5.82 Å². The molecule has 1 heterocycles. The van der Waals surface area contributed by atoms with Crippen molar-refractivity contribution in [3.05, 3.63) is 27.9 Å². The first-order valence-electron chi connectivity index (χ1n) is 5.44. The van der Waals surface area contributed by atoms with Crippen LogP contribution in [-0.4, -0.2) is 16.5 Å². The Bertz CT molecular complexity index is 377. The quantitative estimate of drug-likeness (QED) is 0.615. The summed E-state index contributed by atoms with van der Waals surface area (Å²) in [7, 11) is 0. The van der Waals surface area contributed by atoms with E-state index in [0.717, 1.165) is 18.7 Å². The minimum atomic E-state index is -0.384. The fourth-order valence-corrected chi connectivity index (χ4v) is 1.28. The van der Waals surface area contributed by atoms with E-state index < -0.39 is 0 Å². The van der Waals surface area contributed by atoms with Crippen LogP contribution in [0.4, 0.5) is 11.5 Å². The van der Waals surface area contributed by atoms with Gasteiger partial charge in [0.1, 0.15) is 5.82 Å². The summed E-state index contributed by atoms with van der Waals surface area (Å²) >= 11 is 0. The number of nitrogens with one attached hydrogen (secondary N) is 1. The lowest BCUT2D eigenvalue weighted by atomic mass is 10.1. The Balaban J connectivity index is 3.03. The minimum absolute atomic E-state index is 0.0947. The normalized spacial score (nSPS) is 10.5. The second-order valence-corrected chi connectivity index (χ2v) is 3.97. The van der Waals surface area contributed by atoms with E-state index in [1.807, 2.05) is 20.8 Å². The zero-order valence-corrected chi connectivity index (χ0v) is 9.86. The molecule has 0 aliphatic carbocycles. The van der Waals surface area contributed by atoms with Gasteiger partial charge in [-0.3, -0.25) is 10.1 Å². The van der Waals surface area contributed by atoms with Crippen LogP contribution in [-0.2, 0) is 0 Å². The van der Waals surface area contributed by atoms with E-state index in [1.165, 1.54) is 12.1 Å². The average Bonchev–Trinajstić information content (AvgIpc) is 2.25. The van der Waals surface area contributed by atoms with Crippen molar-refractivity contribution in [2.24, 2.45) is 0 Å². The highest BCUT2D eigenvalue weighted by Crippen LogP contribution is 2.22. The van der Waals surface area contributed by atoms with Gasteiger partial charge >= 0.3 is 0 Å². The average molecular weight is 223 g/mol. The third-order valence-corrected chi connectivity index (χ3v) is 2.19. The van der Waals surface area contributed by atoms with Gasteiger partial charge in [0.2, 0.25) is 0 Å². The van der Waals surface area contributed by atoms with E-state index >= 15 is 0 Å². The lowest BCUT2D eigenvalue weighted by Crippen LogP contribution is -2.05. The molecular formula is C11H17N3O2. The minimum Gasteiger partial charge on any atom is -0.370 e. The van der Waals surface area contributed by atoms with Gasteiger partial charge in [-0.05, 0) is 12.3 Å². The fourth-order valence-electron chi connectivity index (χ4n) is 1.28. The van der Waals surface area contributed by atoms with Crippen molar-refractivity contribution in [2.75, 3.05) is 11.9 Å². The summed E-state index contributed by atoms with van der Waals surface area (Å²) in [5.41, 5.74) is 0.838. The molecule has 1 aromatic heterocycles. The largest absolute Gasteiger partial charge is 0.370 e. The van der Waals surface area contributed by atoms with E-state index in [1.54, 1.807) is 0 Å². The highest BCUT2D eigenvalue weighted by Gasteiger charge is 2.12. The topological polar surface area (TPSA) is 68.1 Å². The number of pyridine rings is 1. The molecule has 0 saturated carbocycles. The predicted molar refractivity (Wildman–Crippen MR) is 63.8 cm³/mol. The van der Waals surface area contributed by atoms with Crippen molar-refractivity contribution < 1.29 is 4.92 Å². The van der Waals surface area contributed by atoms with Crippen LogP contribution in [0.25, 0.3) is 0 Å². The number of nitrogens with zero attached hydrogens (tertiary/aromatic N) is 2. The van der Waals surface area contributed by atoms with Crippen LogP contribution in [0, 0.1) is 10.1 Å². The van der Waals surface area contributed by atoms with Crippen molar-refractivity contribution in [3.63, 3.8) is 0 Å². The molecule has 16 heavy (non-hydrogen) atoms. The molecule has 0 aliphatic heterocycles. The highest BCUT2D eigenvalue weighted by molar-refractivity contribution is 5.47. The van der Waals surface area contributed by atoms with Gasteiger partial charge in [0, 0.05) is 12.6 Å². The lowest BCUT2D eigenvalue weighted by Gasteiger charge is -2.08. The smallest absolute Gasteiger partial charge is 0.274 e. The van der Waals surface area contributed by atoms with Crippen molar-refractivity contribution in [2.45, 2.75) is 33.1 Å². The van der Waals surface area contributed by atoms with Crippen molar-refractivity contribution >= 4 is 11.5 Å². The molecule has 0 amide bonds. The van der Waals surface area contributed by atoms with Crippen LogP contribution in [0.15, 0.2) is 12.1 Å². The Hall–Kier alpha value is -1.65. The van der Waals surface area contributed by atoms with Crippen molar-refractivity contribution in [1.29, 1.82) is 0 Å². The maximum Gasteiger partial charge on any atom is 0.274 e. The molecule has 88 valence electrons. The number of nitro groups is 1. The molecule has 0 aromatic carbocycles.